The molecule has 0 unspecified atom stereocenters. The first-order valence-electron chi connectivity index (χ1n) is 13.1. The molecule has 6 heterocycles. The smallest absolute Gasteiger partial charge is 0.134 e. The summed E-state index contributed by atoms with van der Waals surface area (Å²) in [5.74, 6) is 1.98. The van der Waals surface area contributed by atoms with Crippen molar-refractivity contribution < 1.29 is 0 Å². The minimum Gasteiger partial charge on any atom is -0.368 e. The Kier molecular flexibility index (Phi) is 6.08. The molecule has 11 heteroatoms. The van der Waals surface area contributed by atoms with Gasteiger partial charge in [0, 0.05) is 44.4 Å². The van der Waals surface area contributed by atoms with E-state index in [1.165, 1.54) is 39.3 Å². The lowest BCUT2D eigenvalue weighted by Gasteiger charge is -2.01. The number of hydrogen-bond donors (Lipinski definition) is 2. The van der Waals surface area contributed by atoms with Gasteiger partial charge in [-0.3, -0.25) is 9.98 Å². The number of hydrogen-bond acceptors (Lipinski definition) is 10. The molecule has 4 aromatic heterocycles. The molecule has 3 aromatic carbocycles. The highest BCUT2D eigenvalue weighted by Crippen LogP contribution is 2.44. The number of halogens is 1. The van der Waals surface area contributed by atoms with Crippen LogP contribution in [0.2, 0.25) is 0 Å². The average Bonchev–Trinajstić information content (AvgIpc) is 3.82. The molecule has 0 fully saturated rings. The predicted octanol–water partition coefficient (Wildman–Crippen LogP) is 7.79. The second-order valence-corrected chi connectivity index (χ2v) is 14.1. The molecule has 0 bridgehead atoms. The number of thiophene rings is 2. The summed E-state index contributed by atoms with van der Waals surface area (Å²) >= 11 is 7.15. The predicted molar refractivity (Wildman–Crippen MR) is 180 cm³/mol. The van der Waals surface area contributed by atoms with Gasteiger partial charge in [0.15, 0.2) is 0 Å². The molecule has 2 aliphatic heterocycles. The quantitative estimate of drug-likeness (QED) is 0.209. The average molecular weight is 629 g/mol. The van der Waals surface area contributed by atoms with Crippen LogP contribution in [0.4, 0.5) is 0 Å². The molecule has 0 spiro atoms. The summed E-state index contributed by atoms with van der Waals surface area (Å²) in [5.41, 5.74) is 4.35. The van der Waals surface area contributed by atoms with Crippen LogP contribution in [-0.4, -0.2) is 47.8 Å². The summed E-state index contributed by atoms with van der Waals surface area (Å²) in [6, 6.07) is 22.0. The number of aromatic nitrogens is 2. The van der Waals surface area contributed by atoms with E-state index in [1.54, 1.807) is 22.7 Å². The first-order chi connectivity index (χ1) is 19.7. The number of thiazole rings is 2. The number of amidine groups is 2. The molecule has 0 atom stereocenters. The Bertz CT molecular complexity index is 2050. The first kappa shape index (κ1) is 25.3. The maximum Gasteiger partial charge on any atom is 0.134 e. The van der Waals surface area contributed by atoms with Gasteiger partial charge in [0.1, 0.15) is 21.7 Å². The Morgan fingerprint density at radius 2 is 1.02 bits per heavy atom. The zero-order chi connectivity index (χ0) is 26.2. The standard InChI is InChI=1S/C30H20N6S4.ClH/c1-3-19-23(11-15(1)27-31-7-8-32-27)39-29(35-19)25-13-17-18-14-26(38-22(18)6-5-21(17)37-25)30-36-20-4-2-16(12-24(20)40-30)28-33-9-10-34-28;/h1-6,11-14H,7-10H2,(H,31,32)(H,33,34);1H. The van der Waals surface area contributed by atoms with Gasteiger partial charge in [-0.25, -0.2) is 9.97 Å². The van der Waals surface area contributed by atoms with Gasteiger partial charge in [0.2, 0.25) is 0 Å². The lowest BCUT2D eigenvalue weighted by molar-refractivity contribution is 0.960. The van der Waals surface area contributed by atoms with E-state index in [1.807, 2.05) is 22.7 Å². The van der Waals surface area contributed by atoms with E-state index in [4.69, 9.17) is 9.97 Å². The van der Waals surface area contributed by atoms with Gasteiger partial charge < -0.3 is 10.6 Å². The van der Waals surface area contributed by atoms with Gasteiger partial charge in [0.05, 0.1) is 43.3 Å². The Morgan fingerprint density at radius 3 is 1.46 bits per heavy atom. The van der Waals surface area contributed by atoms with Crippen molar-refractivity contribution in [2.24, 2.45) is 9.98 Å². The van der Waals surface area contributed by atoms with E-state index >= 15 is 0 Å². The fourth-order valence-electron chi connectivity index (χ4n) is 5.38. The minimum absolute atomic E-state index is 0. The van der Waals surface area contributed by atoms with Gasteiger partial charge in [-0.1, -0.05) is 0 Å². The van der Waals surface area contributed by atoms with E-state index < -0.39 is 0 Å². The Balaban J connectivity index is 0.00000256. The molecular formula is C30H21ClN6S4. The Labute approximate surface area is 256 Å². The van der Waals surface area contributed by atoms with E-state index in [9.17, 15) is 0 Å². The first-order valence-corrected chi connectivity index (χ1v) is 16.4. The van der Waals surface area contributed by atoms with Crippen LogP contribution in [0.3, 0.4) is 0 Å². The molecule has 41 heavy (non-hydrogen) atoms. The maximum atomic E-state index is 4.99. The van der Waals surface area contributed by atoms with Crippen LogP contribution in [0.5, 0.6) is 0 Å². The molecule has 0 radical (unpaired) electrons. The van der Waals surface area contributed by atoms with Crippen molar-refractivity contribution in [2.75, 3.05) is 26.2 Å². The van der Waals surface area contributed by atoms with Crippen molar-refractivity contribution in [3.63, 3.8) is 0 Å². The second kappa shape index (κ2) is 9.85. The molecule has 202 valence electrons. The van der Waals surface area contributed by atoms with Gasteiger partial charge >= 0.3 is 0 Å². The SMILES string of the molecule is Cl.c1cc2nc(-c3cc4c(ccc5sc(-c6nc7ccc(C8=NCCN8)cc7s6)cc54)s3)sc2cc1C1=NCCN1. The Morgan fingerprint density at radius 1 is 0.537 bits per heavy atom. The summed E-state index contributed by atoms with van der Waals surface area (Å²) in [6.07, 6.45) is 0. The third kappa shape index (κ3) is 4.24. The zero-order valence-corrected chi connectivity index (χ0v) is 25.5. The van der Waals surface area contributed by atoms with Crippen molar-refractivity contribution in [1.82, 2.24) is 20.6 Å². The van der Waals surface area contributed by atoms with Crippen molar-refractivity contribution >= 4 is 110 Å². The number of fused-ring (bicyclic) bond motifs is 5. The molecule has 0 saturated carbocycles. The van der Waals surface area contributed by atoms with Crippen LogP contribution < -0.4 is 10.6 Å². The number of nitrogens with one attached hydrogen (secondary N) is 2. The largest absolute Gasteiger partial charge is 0.368 e. The van der Waals surface area contributed by atoms with Crippen molar-refractivity contribution in [3.05, 3.63) is 71.8 Å². The van der Waals surface area contributed by atoms with E-state index in [0.29, 0.717) is 0 Å². The van der Waals surface area contributed by atoms with E-state index in [0.717, 1.165) is 70.0 Å². The molecule has 2 aliphatic rings. The zero-order valence-electron chi connectivity index (χ0n) is 21.4. The normalized spacial score (nSPS) is 14.9. The Hall–Kier alpha value is -3.41. The third-order valence-corrected chi connectivity index (χ3v) is 11.9. The maximum absolute atomic E-state index is 4.99. The minimum atomic E-state index is 0. The van der Waals surface area contributed by atoms with Crippen LogP contribution in [-0.2, 0) is 0 Å². The number of aliphatic imine (C=N–C) groups is 2. The van der Waals surface area contributed by atoms with Crippen molar-refractivity contribution in [3.8, 4) is 19.8 Å². The number of rotatable bonds is 4. The second-order valence-electron chi connectivity index (χ2n) is 9.83. The van der Waals surface area contributed by atoms with E-state index in [-0.39, 0.29) is 12.4 Å². The highest BCUT2D eigenvalue weighted by molar-refractivity contribution is 7.29. The summed E-state index contributed by atoms with van der Waals surface area (Å²) in [6.45, 7) is 3.51. The summed E-state index contributed by atoms with van der Waals surface area (Å²) in [7, 11) is 0. The molecule has 0 saturated heterocycles. The van der Waals surface area contributed by atoms with Crippen molar-refractivity contribution in [1.29, 1.82) is 0 Å². The molecule has 0 amide bonds. The summed E-state index contributed by atoms with van der Waals surface area (Å²) in [4.78, 5) is 21.6. The lowest BCUT2D eigenvalue weighted by Crippen LogP contribution is -2.19. The monoisotopic (exact) mass is 628 g/mol. The third-order valence-electron chi connectivity index (χ3n) is 7.29. The van der Waals surface area contributed by atoms with Crippen LogP contribution in [0.1, 0.15) is 11.1 Å². The topological polar surface area (TPSA) is 74.6 Å². The fourth-order valence-corrected chi connectivity index (χ4v) is 9.63. The molecule has 7 aromatic rings. The van der Waals surface area contributed by atoms with Gasteiger partial charge in [0.25, 0.3) is 0 Å². The lowest BCUT2D eigenvalue weighted by atomic mass is 10.1. The van der Waals surface area contributed by atoms with Gasteiger partial charge in [-0.15, -0.1) is 57.8 Å². The van der Waals surface area contributed by atoms with Crippen LogP contribution >= 0.6 is 57.8 Å². The molecule has 9 rings (SSSR count). The van der Waals surface area contributed by atoms with Gasteiger partial charge in [-0.2, -0.15) is 0 Å². The summed E-state index contributed by atoms with van der Waals surface area (Å²) in [5, 5.41) is 11.5. The van der Waals surface area contributed by atoms with Crippen LogP contribution in [0, 0.1) is 0 Å². The van der Waals surface area contributed by atoms with Crippen LogP contribution in [0.15, 0.2) is 70.6 Å². The highest BCUT2D eigenvalue weighted by Gasteiger charge is 2.17. The molecular weight excluding hydrogens is 608 g/mol. The van der Waals surface area contributed by atoms with Gasteiger partial charge in [-0.05, 0) is 60.7 Å². The van der Waals surface area contributed by atoms with Crippen molar-refractivity contribution in [2.45, 2.75) is 0 Å². The molecule has 2 N–H and O–H groups in total. The summed E-state index contributed by atoms with van der Waals surface area (Å²) < 4.78 is 4.96. The molecule has 6 nitrogen and oxygen atoms in total. The fraction of sp³-hybridized carbons (Fsp3) is 0.133. The highest BCUT2D eigenvalue weighted by atomic mass is 35.5. The number of benzene rings is 3. The van der Waals surface area contributed by atoms with E-state index in [2.05, 4.69) is 81.3 Å². The number of nitrogens with zero attached hydrogens (tertiary/aromatic N) is 4. The van der Waals surface area contributed by atoms with Crippen LogP contribution in [0.25, 0.3) is 60.4 Å². The molecule has 0 aliphatic carbocycles.